The number of fused-ring (bicyclic) bond motifs is 2. The van der Waals surface area contributed by atoms with Gasteiger partial charge in [-0.05, 0) is 38.0 Å². The Morgan fingerprint density at radius 1 is 1.30 bits per heavy atom. The van der Waals surface area contributed by atoms with Crippen LogP contribution in [0.1, 0.15) is 38.4 Å². The van der Waals surface area contributed by atoms with Crippen LogP contribution in [0.4, 0.5) is 11.6 Å². The summed E-state index contributed by atoms with van der Waals surface area (Å²) in [6.45, 7) is 3.02. The Morgan fingerprint density at radius 2 is 2.15 bits per heavy atom. The number of ether oxygens (including phenoxy) is 1. The lowest BCUT2D eigenvalue weighted by Gasteiger charge is -2.23. The van der Waals surface area contributed by atoms with E-state index < -0.39 is 0 Å². The zero-order valence-electron chi connectivity index (χ0n) is 11.9. The molecule has 0 aliphatic heterocycles. The largest absolute Gasteiger partial charge is 0.374 e. The number of rotatable bonds is 6. The molecule has 0 radical (unpaired) electrons. The molecule has 0 aromatic carbocycles. The molecule has 6 nitrogen and oxygen atoms in total. The predicted octanol–water partition coefficient (Wildman–Crippen LogP) is 1.90. The number of hydrazine groups is 1. The second kappa shape index (κ2) is 5.93. The van der Waals surface area contributed by atoms with Gasteiger partial charge in [-0.25, -0.2) is 15.8 Å². The summed E-state index contributed by atoms with van der Waals surface area (Å²) in [6.07, 6.45) is 5.39. The summed E-state index contributed by atoms with van der Waals surface area (Å²) in [4.78, 5) is 8.82. The van der Waals surface area contributed by atoms with E-state index in [1.807, 2.05) is 13.0 Å². The SMILES string of the molecule is CCOCc1nc(NN)cc(NC2CC3CCC2C3)n1. The van der Waals surface area contributed by atoms with Gasteiger partial charge in [0.1, 0.15) is 18.2 Å². The third-order valence-electron chi connectivity index (χ3n) is 4.43. The van der Waals surface area contributed by atoms with E-state index in [0.717, 1.165) is 17.7 Å². The molecule has 2 bridgehead atoms. The zero-order chi connectivity index (χ0) is 13.9. The van der Waals surface area contributed by atoms with E-state index in [1.54, 1.807) is 0 Å². The smallest absolute Gasteiger partial charge is 0.158 e. The van der Waals surface area contributed by atoms with Gasteiger partial charge in [0, 0.05) is 18.7 Å². The summed E-state index contributed by atoms with van der Waals surface area (Å²) in [6, 6.07) is 2.41. The minimum Gasteiger partial charge on any atom is -0.374 e. The van der Waals surface area contributed by atoms with Crippen molar-refractivity contribution in [3.05, 3.63) is 11.9 Å². The van der Waals surface area contributed by atoms with Crippen LogP contribution in [0.15, 0.2) is 6.07 Å². The average molecular weight is 277 g/mol. The van der Waals surface area contributed by atoms with E-state index >= 15 is 0 Å². The fourth-order valence-electron chi connectivity index (χ4n) is 3.51. The molecule has 1 aromatic rings. The second-order valence-electron chi connectivity index (χ2n) is 5.76. The van der Waals surface area contributed by atoms with Gasteiger partial charge in [0.05, 0.1) is 0 Å². The fourth-order valence-corrected chi connectivity index (χ4v) is 3.51. The molecule has 3 atom stereocenters. The molecule has 3 rings (SSSR count). The maximum Gasteiger partial charge on any atom is 0.158 e. The van der Waals surface area contributed by atoms with Crippen LogP contribution in [0.2, 0.25) is 0 Å². The molecule has 1 aromatic heterocycles. The molecule has 2 aliphatic carbocycles. The first-order valence-electron chi connectivity index (χ1n) is 7.47. The Bertz CT molecular complexity index is 467. The van der Waals surface area contributed by atoms with Crippen molar-refractivity contribution in [2.45, 2.75) is 45.3 Å². The molecular formula is C14H23N5O. The lowest BCUT2D eigenvalue weighted by atomic mass is 9.95. The first kappa shape index (κ1) is 13.6. The van der Waals surface area contributed by atoms with Crippen molar-refractivity contribution in [3.63, 3.8) is 0 Å². The van der Waals surface area contributed by atoms with Gasteiger partial charge in [-0.1, -0.05) is 6.42 Å². The standard InChI is InChI=1S/C14H23N5O/c1-2-20-8-14-17-12(7-13(18-14)19-15)16-11-6-9-3-4-10(11)5-9/h7,9-11H,2-6,8,15H2,1H3,(H2,16,17,18,19). The molecule has 2 saturated carbocycles. The van der Waals surface area contributed by atoms with Crippen molar-refractivity contribution in [1.82, 2.24) is 9.97 Å². The van der Waals surface area contributed by atoms with Crippen LogP contribution in [-0.4, -0.2) is 22.6 Å². The van der Waals surface area contributed by atoms with Gasteiger partial charge in [0.2, 0.25) is 0 Å². The Hall–Kier alpha value is -1.40. The van der Waals surface area contributed by atoms with Gasteiger partial charge in [0.15, 0.2) is 5.82 Å². The highest BCUT2D eigenvalue weighted by Gasteiger charge is 2.39. The zero-order valence-corrected chi connectivity index (χ0v) is 11.9. The van der Waals surface area contributed by atoms with Crippen LogP contribution in [0.25, 0.3) is 0 Å². The highest BCUT2D eigenvalue weighted by Crippen LogP contribution is 2.45. The maximum atomic E-state index is 5.48. The Kier molecular flexibility index (Phi) is 4.03. The third-order valence-corrected chi connectivity index (χ3v) is 4.43. The molecule has 4 N–H and O–H groups in total. The predicted molar refractivity (Wildman–Crippen MR) is 78.0 cm³/mol. The van der Waals surface area contributed by atoms with Crippen molar-refractivity contribution < 1.29 is 4.74 Å². The van der Waals surface area contributed by atoms with Crippen molar-refractivity contribution >= 4 is 11.6 Å². The van der Waals surface area contributed by atoms with E-state index in [-0.39, 0.29) is 0 Å². The van der Waals surface area contributed by atoms with E-state index in [4.69, 9.17) is 10.6 Å². The van der Waals surface area contributed by atoms with Gasteiger partial charge >= 0.3 is 0 Å². The normalized spacial score (nSPS) is 27.8. The van der Waals surface area contributed by atoms with E-state index in [2.05, 4.69) is 20.7 Å². The molecular weight excluding hydrogens is 254 g/mol. The van der Waals surface area contributed by atoms with Gasteiger partial charge in [-0.15, -0.1) is 0 Å². The van der Waals surface area contributed by atoms with Gasteiger partial charge in [-0.3, -0.25) is 0 Å². The number of nitrogens with two attached hydrogens (primary N) is 1. The molecule has 6 heteroatoms. The molecule has 20 heavy (non-hydrogen) atoms. The second-order valence-corrected chi connectivity index (χ2v) is 5.76. The number of aromatic nitrogens is 2. The van der Waals surface area contributed by atoms with Gasteiger partial charge in [0.25, 0.3) is 0 Å². The quantitative estimate of drug-likeness (QED) is 0.544. The minimum absolute atomic E-state index is 0.414. The summed E-state index contributed by atoms with van der Waals surface area (Å²) < 4.78 is 5.37. The lowest BCUT2D eigenvalue weighted by molar-refractivity contribution is 0.128. The van der Waals surface area contributed by atoms with Crippen LogP contribution in [0, 0.1) is 11.8 Å². The van der Waals surface area contributed by atoms with E-state index in [9.17, 15) is 0 Å². The number of nitrogens with zero attached hydrogens (tertiary/aromatic N) is 2. The summed E-state index contributed by atoms with van der Waals surface area (Å²) in [7, 11) is 0. The number of hydrogen-bond donors (Lipinski definition) is 3. The topological polar surface area (TPSA) is 85.1 Å². The average Bonchev–Trinajstić information content (AvgIpc) is 3.07. The van der Waals surface area contributed by atoms with Crippen LogP contribution in [-0.2, 0) is 11.3 Å². The monoisotopic (exact) mass is 277 g/mol. The highest BCUT2D eigenvalue weighted by molar-refractivity contribution is 5.47. The Balaban J connectivity index is 1.71. The Labute approximate surface area is 119 Å². The van der Waals surface area contributed by atoms with Crippen LogP contribution >= 0.6 is 0 Å². The lowest BCUT2D eigenvalue weighted by Crippen LogP contribution is -2.26. The number of hydrogen-bond acceptors (Lipinski definition) is 6. The molecule has 1 heterocycles. The summed E-state index contributed by atoms with van der Waals surface area (Å²) in [5.74, 6) is 9.33. The third kappa shape index (κ3) is 2.86. The number of anilines is 2. The molecule has 2 aliphatic rings. The van der Waals surface area contributed by atoms with Crippen molar-refractivity contribution in [2.75, 3.05) is 17.3 Å². The Morgan fingerprint density at radius 3 is 2.80 bits per heavy atom. The fraction of sp³-hybridized carbons (Fsp3) is 0.714. The van der Waals surface area contributed by atoms with Crippen LogP contribution in [0.3, 0.4) is 0 Å². The molecule has 0 amide bonds. The number of nitrogens with one attached hydrogen (secondary N) is 2. The van der Waals surface area contributed by atoms with Crippen LogP contribution < -0.4 is 16.6 Å². The van der Waals surface area contributed by atoms with Crippen molar-refractivity contribution in [1.29, 1.82) is 0 Å². The van der Waals surface area contributed by atoms with Crippen LogP contribution in [0.5, 0.6) is 0 Å². The van der Waals surface area contributed by atoms with Crippen molar-refractivity contribution in [2.24, 2.45) is 17.7 Å². The van der Waals surface area contributed by atoms with Gasteiger partial charge < -0.3 is 15.5 Å². The maximum absolute atomic E-state index is 5.48. The molecule has 3 unspecified atom stereocenters. The van der Waals surface area contributed by atoms with Crippen molar-refractivity contribution in [3.8, 4) is 0 Å². The first-order valence-corrected chi connectivity index (χ1v) is 7.47. The molecule has 0 saturated heterocycles. The molecule has 0 spiro atoms. The van der Waals surface area contributed by atoms with Gasteiger partial charge in [-0.2, -0.15) is 0 Å². The van der Waals surface area contributed by atoms with E-state index in [1.165, 1.54) is 25.7 Å². The summed E-state index contributed by atoms with van der Waals surface area (Å²) in [5.41, 5.74) is 2.60. The van der Waals surface area contributed by atoms with E-state index in [0.29, 0.717) is 30.9 Å². The molecule has 2 fully saturated rings. The highest BCUT2D eigenvalue weighted by atomic mass is 16.5. The summed E-state index contributed by atoms with van der Waals surface area (Å²) >= 11 is 0. The number of nitrogen functional groups attached to an aromatic ring is 1. The minimum atomic E-state index is 0.414. The first-order chi connectivity index (χ1) is 9.78. The summed E-state index contributed by atoms with van der Waals surface area (Å²) in [5, 5.41) is 3.56. The molecule has 110 valence electrons.